The minimum atomic E-state index is -0.471. The number of hydrogen-bond donors (Lipinski definition) is 0. The van der Waals surface area contributed by atoms with E-state index in [1.165, 1.54) is 69.8 Å². The van der Waals surface area contributed by atoms with Crippen molar-refractivity contribution in [3.8, 4) is 22.9 Å². The van der Waals surface area contributed by atoms with Crippen molar-refractivity contribution in [2.75, 3.05) is 6.61 Å². The molecule has 0 aliphatic carbocycles. The van der Waals surface area contributed by atoms with E-state index in [0.717, 1.165) is 24.8 Å². The summed E-state index contributed by atoms with van der Waals surface area (Å²) in [5.41, 5.74) is 2.41. The molecule has 0 radical (unpaired) electrons. The van der Waals surface area contributed by atoms with E-state index >= 15 is 0 Å². The summed E-state index contributed by atoms with van der Waals surface area (Å²) in [7, 11) is 0. The normalized spacial score (nSPS) is 10.9. The second kappa shape index (κ2) is 17.6. The van der Waals surface area contributed by atoms with Crippen LogP contribution in [-0.4, -0.2) is 22.5 Å². The van der Waals surface area contributed by atoms with E-state index in [9.17, 15) is 4.79 Å². The van der Waals surface area contributed by atoms with Gasteiger partial charge in [0.25, 0.3) is 0 Å². The van der Waals surface area contributed by atoms with Crippen molar-refractivity contribution in [1.82, 2.24) is 9.97 Å². The molecule has 2 aromatic carbocycles. The number of carbonyl (C=O) groups excluding carboxylic acids is 1. The third-order valence-corrected chi connectivity index (χ3v) is 7.07. The Labute approximate surface area is 239 Å². The van der Waals surface area contributed by atoms with Crippen LogP contribution in [0.15, 0.2) is 54.9 Å². The molecule has 39 heavy (non-hydrogen) atoms. The first kappa shape index (κ1) is 30.6. The lowest BCUT2D eigenvalue weighted by molar-refractivity contribution is 0.0734. The first-order chi connectivity index (χ1) is 19.1. The second-order valence-electron chi connectivity index (χ2n) is 10.1. The SMILES string of the molecule is CCCCCCCCCc1cnc(-c2ccc(OC(=O)c3ccc(OCCCCCCC)c(Cl)c3)cc2)nc1. The van der Waals surface area contributed by atoms with E-state index in [4.69, 9.17) is 21.1 Å². The van der Waals surface area contributed by atoms with Gasteiger partial charge < -0.3 is 9.47 Å². The molecule has 6 heteroatoms. The first-order valence-corrected chi connectivity index (χ1v) is 15.0. The van der Waals surface area contributed by atoms with Crippen LogP contribution < -0.4 is 9.47 Å². The summed E-state index contributed by atoms with van der Waals surface area (Å²) in [5, 5.41) is 0.404. The Kier molecular flexibility index (Phi) is 13.8. The van der Waals surface area contributed by atoms with Gasteiger partial charge in [0.2, 0.25) is 0 Å². The molecule has 3 aromatic rings. The average Bonchev–Trinajstić information content (AvgIpc) is 2.96. The molecule has 0 aliphatic heterocycles. The van der Waals surface area contributed by atoms with Crippen LogP contribution in [-0.2, 0) is 6.42 Å². The molecule has 0 N–H and O–H groups in total. The lowest BCUT2D eigenvalue weighted by Gasteiger charge is -2.10. The summed E-state index contributed by atoms with van der Waals surface area (Å²) in [6.45, 7) is 5.06. The minimum absolute atomic E-state index is 0.374. The quantitative estimate of drug-likeness (QED) is 0.0895. The monoisotopic (exact) mass is 550 g/mol. The summed E-state index contributed by atoms with van der Waals surface area (Å²) < 4.78 is 11.3. The Hall–Kier alpha value is -2.92. The van der Waals surface area contributed by atoms with Gasteiger partial charge in [-0.25, -0.2) is 14.8 Å². The van der Waals surface area contributed by atoms with Crippen molar-refractivity contribution in [2.45, 2.75) is 97.3 Å². The number of unbranched alkanes of at least 4 members (excludes halogenated alkanes) is 10. The third-order valence-electron chi connectivity index (χ3n) is 6.77. The molecule has 1 aromatic heterocycles. The highest BCUT2D eigenvalue weighted by atomic mass is 35.5. The van der Waals surface area contributed by atoms with Crippen LogP contribution in [0, 0.1) is 0 Å². The molecule has 1 heterocycles. The molecular weight excluding hydrogens is 508 g/mol. The van der Waals surface area contributed by atoms with E-state index in [0.29, 0.717) is 34.5 Å². The maximum Gasteiger partial charge on any atom is 0.343 e. The number of esters is 1. The molecule has 5 nitrogen and oxygen atoms in total. The van der Waals surface area contributed by atoms with Gasteiger partial charge in [-0.15, -0.1) is 0 Å². The molecule has 0 saturated heterocycles. The zero-order valence-electron chi connectivity index (χ0n) is 23.6. The third kappa shape index (κ3) is 11.0. The number of halogens is 1. The zero-order valence-corrected chi connectivity index (χ0v) is 24.3. The summed E-state index contributed by atoms with van der Waals surface area (Å²) in [6.07, 6.45) is 19.7. The number of nitrogens with zero attached hydrogens (tertiary/aromatic N) is 2. The number of aromatic nitrogens is 2. The predicted molar refractivity (Wildman–Crippen MR) is 160 cm³/mol. The molecule has 0 aliphatic rings. The van der Waals surface area contributed by atoms with Crippen molar-refractivity contribution in [3.63, 3.8) is 0 Å². The Bertz CT molecular complexity index is 1120. The molecule has 0 saturated carbocycles. The maximum absolute atomic E-state index is 12.7. The summed E-state index contributed by atoms with van der Waals surface area (Å²) in [4.78, 5) is 21.7. The van der Waals surface area contributed by atoms with Crippen LogP contribution in [0.3, 0.4) is 0 Å². The van der Waals surface area contributed by atoms with Gasteiger partial charge in [0.1, 0.15) is 11.5 Å². The highest BCUT2D eigenvalue weighted by Gasteiger charge is 2.13. The average molecular weight is 551 g/mol. The molecule has 0 fully saturated rings. The Balaban J connectivity index is 1.44. The van der Waals surface area contributed by atoms with Crippen molar-refractivity contribution in [3.05, 3.63) is 71.0 Å². The van der Waals surface area contributed by atoms with Crippen molar-refractivity contribution in [1.29, 1.82) is 0 Å². The molecule has 3 rings (SSSR count). The summed E-state index contributed by atoms with van der Waals surface area (Å²) in [5.74, 6) is 1.22. The fourth-order valence-corrected chi connectivity index (χ4v) is 4.62. The topological polar surface area (TPSA) is 61.3 Å². The summed E-state index contributed by atoms with van der Waals surface area (Å²) >= 11 is 6.35. The minimum Gasteiger partial charge on any atom is -0.492 e. The van der Waals surface area contributed by atoms with Crippen LogP contribution in [0.25, 0.3) is 11.4 Å². The standard InChI is InChI=1S/C33H43ClN2O3/c1-3-5-7-9-10-11-13-15-26-24-35-32(36-25-26)27-16-19-29(20-17-27)39-33(37)28-18-21-31(30(34)23-28)38-22-14-12-8-6-4-2/h16-21,23-25H,3-15,22H2,1-2H3. The van der Waals surface area contributed by atoms with Gasteiger partial charge in [-0.1, -0.05) is 89.7 Å². The van der Waals surface area contributed by atoms with Crippen LogP contribution in [0.5, 0.6) is 11.5 Å². The highest BCUT2D eigenvalue weighted by Crippen LogP contribution is 2.27. The lowest BCUT2D eigenvalue weighted by Crippen LogP contribution is -2.08. The number of hydrogen-bond acceptors (Lipinski definition) is 5. The Morgan fingerprint density at radius 2 is 1.38 bits per heavy atom. The van der Waals surface area contributed by atoms with Crippen LogP contribution >= 0.6 is 11.6 Å². The molecule has 0 bridgehead atoms. The van der Waals surface area contributed by atoms with Gasteiger partial charge in [-0.2, -0.15) is 0 Å². The molecular formula is C33H43ClN2O3. The highest BCUT2D eigenvalue weighted by molar-refractivity contribution is 6.32. The first-order valence-electron chi connectivity index (χ1n) is 14.7. The Morgan fingerprint density at radius 1 is 0.769 bits per heavy atom. The predicted octanol–water partition coefficient (Wildman–Crippen LogP) is 9.66. The van der Waals surface area contributed by atoms with Gasteiger partial charge >= 0.3 is 5.97 Å². The maximum atomic E-state index is 12.7. The van der Waals surface area contributed by atoms with E-state index < -0.39 is 5.97 Å². The smallest absolute Gasteiger partial charge is 0.343 e. The zero-order chi connectivity index (χ0) is 27.7. The van der Waals surface area contributed by atoms with E-state index in [1.54, 1.807) is 30.3 Å². The number of carbonyl (C=O) groups is 1. The van der Waals surface area contributed by atoms with Crippen molar-refractivity contribution < 1.29 is 14.3 Å². The molecule has 210 valence electrons. The molecule has 0 unspecified atom stereocenters. The van der Waals surface area contributed by atoms with Crippen molar-refractivity contribution in [2.24, 2.45) is 0 Å². The number of aryl methyl sites for hydroxylation is 1. The lowest BCUT2D eigenvalue weighted by atomic mass is 10.1. The largest absolute Gasteiger partial charge is 0.492 e. The summed E-state index contributed by atoms with van der Waals surface area (Å²) in [6, 6.07) is 12.2. The number of rotatable bonds is 18. The molecule has 0 amide bonds. The fourth-order valence-electron chi connectivity index (χ4n) is 4.39. The molecule has 0 spiro atoms. The van der Waals surface area contributed by atoms with E-state index in [1.807, 2.05) is 24.5 Å². The van der Waals surface area contributed by atoms with Gasteiger partial charge in [-0.05, 0) is 67.3 Å². The van der Waals surface area contributed by atoms with Gasteiger partial charge in [0.05, 0.1) is 17.2 Å². The number of benzene rings is 2. The van der Waals surface area contributed by atoms with Gasteiger partial charge in [-0.3, -0.25) is 0 Å². The van der Waals surface area contributed by atoms with Gasteiger partial charge in [0, 0.05) is 18.0 Å². The van der Waals surface area contributed by atoms with Crippen molar-refractivity contribution >= 4 is 17.6 Å². The van der Waals surface area contributed by atoms with Crippen LogP contribution in [0.2, 0.25) is 5.02 Å². The van der Waals surface area contributed by atoms with Crippen LogP contribution in [0.1, 0.15) is 107 Å². The van der Waals surface area contributed by atoms with E-state index in [-0.39, 0.29) is 0 Å². The van der Waals surface area contributed by atoms with E-state index in [2.05, 4.69) is 23.8 Å². The van der Waals surface area contributed by atoms with Crippen LogP contribution in [0.4, 0.5) is 0 Å². The fraction of sp³-hybridized carbons (Fsp3) is 0.485. The number of ether oxygens (including phenoxy) is 2. The molecule has 0 atom stereocenters. The van der Waals surface area contributed by atoms with Gasteiger partial charge in [0.15, 0.2) is 5.82 Å². The second-order valence-corrected chi connectivity index (χ2v) is 10.5. The Morgan fingerprint density at radius 3 is 2.03 bits per heavy atom.